The summed E-state index contributed by atoms with van der Waals surface area (Å²) in [4.78, 5) is 28.9. The number of hydrogen-bond acceptors (Lipinski definition) is 26. The molecule has 10 aliphatic rings. The maximum absolute atomic E-state index is 14.5. The summed E-state index contributed by atoms with van der Waals surface area (Å²) in [6, 6.07) is 0. The van der Waals surface area contributed by atoms with E-state index in [1.807, 2.05) is 13.8 Å². The first kappa shape index (κ1) is 65.6. The fourth-order valence-corrected chi connectivity index (χ4v) is 17.0. The van der Waals surface area contributed by atoms with Crippen molar-refractivity contribution in [2.75, 3.05) is 33.5 Å². The van der Waals surface area contributed by atoms with Gasteiger partial charge in [-0.15, -0.1) is 6.58 Å². The molecule has 0 bridgehead atoms. The van der Waals surface area contributed by atoms with Crippen molar-refractivity contribution in [3.8, 4) is 0 Å². The summed E-state index contributed by atoms with van der Waals surface area (Å²) in [7, 11) is 1.21. The zero-order chi connectivity index (χ0) is 61.8. The van der Waals surface area contributed by atoms with E-state index < -0.39 is 202 Å². The lowest BCUT2D eigenvalue weighted by atomic mass is 9.41. The average molecular weight is 1220 g/mol. The first-order valence-corrected chi connectivity index (χ1v) is 30.2. The van der Waals surface area contributed by atoms with Gasteiger partial charge in [-0.1, -0.05) is 44.9 Å². The van der Waals surface area contributed by atoms with E-state index in [0.29, 0.717) is 32.1 Å². The number of hydrogen-bond donors (Lipinski definition) is 12. The van der Waals surface area contributed by atoms with E-state index in [1.165, 1.54) is 19.6 Å². The van der Waals surface area contributed by atoms with Gasteiger partial charge in [0.25, 0.3) is 0 Å². The van der Waals surface area contributed by atoms with Crippen molar-refractivity contribution in [1.29, 1.82) is 0 Å². The van der Waals surface area contributed by atoms with Crippen LogP contribution in [0.4, 0.5) is 0 Å². The molecule has 0 amide bonds. The molecule has 1 spiro atoms. The van der Waals surface area contributed by atoms with Crippen LogP contribution in [0.1, 0.15) is 106 Å². The highest BCUT2D eigenvalue weighted by molar-refractivity contribution is 5.99. The van der Waals surface area contributed by atoms with E-state index in [-0.39, 0.29) is 35.4 Å². The molecule has 0 aromatic heterocycles. The summed E-state index contributed by atoms with van der Waals surface area (Å²) < 4.78 is 72.1. The third kappa shape index (κ3) is 11.1. The van der Waals surface area contributed by atoms with Crippen molar-refractivity contribution in [2.24, 2.45) is 39.4 Å². The van der Waals surface area contributed by atoms with E-state index in [9.17, 15) is 70.9 Å². The third-order valence-electron chi connectivity index (χ3n) is 21.6. The number of carbonyl (C=O) groups excluding carboxylic acids is 2. The Balaban J connectivity index is 0.858. The SMILES string of the molecule is C=C(C)CCC[C@]1(C)OC(=O)[C@]23CC=C4C(CCC5C(C)(C)[C@@H](O[C@@H]6OC[C@@H](O[C@@H]7O[C@H](CO)[C@@H](O)[C@H](O)[C@H]7O)[C@H](O)[C@H]6O[C@@H]6O[C@H](C)[C@@H](O[C@@H]7OC[C@@H](O)[C@H](O[C@@H]8O[C@H](CO)[C@@H](O)[C@H](OC)[C@H]8O)[C@H]7O)[C@H](O)[C@H]6O)CC[C@]45C)[C@]2(C)CC(=O)C31. The van der Waals surface area contributed by atoms with Gasteiger partial charge in [0.1, 0.15) is 115 Å². The van der Waals surface area contributed by atoms with E-state index >= 15 is 0 Å². The molecule has 6 saturated heterocycles. The van der Waals surface area contributed by atoms with Gasteiger partial charge in [0.05, 0.1) is 50.0 Å². The number of fused-ring (bicyclic) bond motifs is 4. The molecule has 85 heavy (non-hydrogen) atoms. The molecule has 484 valence electrons. The number of rotatable bonds is 17. The highest BCUT2D eigenvalue weighted by Crippen LogP contribution is 2.75. The summed E-state index contributed by atoms with van der Waals surface area (Å²) in [6.45, 7) is 15.7. The molecule has 0 radical (unpaired) electrons. The quantitative estimate of drug-likeness (QED) is 0.0437. The number of Topliss-reactive ketones (excluding diaryl/α,β-unsaturated/α-hetero) is 1. The van der Waals surface area contributed by atoms with Gasteiger partial charge in [0.15, 0.2) is 31.5 Å². The second-order valence-electron chi connectivity index (χ2n) is 27.1. The smallest absolute Gasteiger partial charge is 0.314 e. The molecule has 31 atom stereocenters. The van der Waals surface area contributed by atoms with Crippen LogP contribution in [-0.2, 0) is 66.4 Å². The maximum Gasteiger partial charge on any atom is 0.314 e. The minimum atomic E-state index is -1.96. The normalized spacial score (nSPS) is 52.3. The fraction of sp³-hybridized carbons (Fsp3) is 0.898. The highest BCUT2D eigenvalue weighted by atomic mass is 16.8. The second kappa shape index (κ2) is 24.7. The molecular formula is C59H92O26. The fourth-order valence-electron chi connectivity index (χ4n) is 17.0. The third-order valence-corrected chi connectivity index (χ3v) is 21.6. The van der Waals surface area contributed by atoms with Crippen LogP contribution >= 0.6 is 0 Å². The monoisotopic (exact) mass is 1220 g/mol. The van der Waals surface area contributed by atoms with E-state index in [1.54, 1.807) is 0 Å². The molecule has 26 heteroatoms. The molecule has 3 saturated carbocycles. The highest BCUT2D eigenvalue weighted by Gasteiger charge is 2.79. The zero-order valence-corrected chi connectivity index (χ0v) is 49.6. The number of aliphatic hydroxyl groups excluding tert-OH is 12. The van der Waals surface area contributed by atoms with Gasteiger partial charge in [-0.25, -0.2) is 0 Å². The van der Waals surface area contributed by atoms with Gasteiger partial charge in [-0.2, -0.15) is 0 Å². The average Bonchev–Trinajstić information content (AvgIpc) is 1.54. The lowest BCUT2D eigenvalue weighted by Gasteiger charge is -2.63. The van der Waals surface area contributed by atoms with Crippen LogP contribution in [0.3, 0.4) is 0 Å². The summed E-state index contributed by atoms with van der Waals surface area (Å²) in [5.74, 6) is -0.827. The second-order valence-corrected chi connectivity index (χ2v) is 27.1. The summed E-state index contributed by atoms with van der Waals surface area (Å²) in [5, 5.41) is 131. The Morgan fingerprint density at radius 1 is 0.659 bits per heavy atom. The van der Waals surface area contributed by atoms with Crippen LogP contribution in [-0.4, -0.2) is 260 Å². The van der Waals surface area contributed by atoms with Crippen LogP contribution in [0.15, 0.2) is 23.8 Å². The minimum Gasteiger partial charge on any atom is -0.458 e. The van der Waals surface area contributed by atoms with E-state index in [4.69, 9.17) is 56.8 Å². The van der Waals surface area contributed by atoms with Crippen molar-refractivity contribution in [1.82, 2.24) is 0 Å². The molecule has 9 fully saturated rings. The van der Waals surface area contributed by atoms with Crippen molar-refractivity contribution in [3.63, 3.8) is 0 Å². The molecule has 26 nitrogen and oxygen atoms in total. The number of aliphatic hydroxyl groups is 12. The molecule has 6 heterocycles. The summed E-state index contributed by atoms with van der Waals surface area (Å²) in [5.41, 5.74) is -1.29. The largest absolute Gasteiger partial charge is 0.458 e. The minimum absolute atomic E-state index is 0.000864. The van der Waals surface area contributed by atoms with Crippen molar-refractivity contribution < 1.29 is 128 Å². The Labute approximate surface area is 494 Å². The molecular weight excluding hydrogens is 1120 g/mol. The standard InChI is InChI=1S/C59H92O26/c1-24(2)11-10-16-58(8)48-28(62)19-57(7)27-12-13-33-55(4,5)34(15-17-56(33,6)26(27)14-18-59(48,57)54(73)85-58)81-53-47(37(66)32(23-76-53)80-51-40(69)38(67)35(64)30(20-60)78-51)84-50-41(70)39(68)44(25(3)77-50)82-49-42(71)45(29(63)22-75-49)83-52-43(72)46(74-9)36(65)31(21-61)79-52/h14,25,27,29-53,60-61,63-72H,1,10-13,15-23H2,2-9H3/t25-,27?,29-,30-,31-,32-,33?,34+,35-,36-,37+,38+,39-,40-,41-,42-,43-,44-,45+,46+,47-,48?,49+,50+,51+,52+,53+,56-,57+,58+,59-/m1/s1. The first-order valence-electron chi connectivity index (χ1n) is 30.2. The Bertz CT molecular complexity index is 2430. The van der Waals surface area contributed by atoms with Gasteiger partial charge in [-0.05, 0) is 100 Å². The first-order chi connectivity index (χ1) is 40.0. The lowest BCUT2D eigenvalue weighted by molar-refractivity contribution is -0.390. The predicted molar refractivity (Wildman–Crippen MR) is 287 cm³/mol. The molecule has 3 unspecified atom stereocenters. The maximum atomic E-state index is 14.5. The number of ketones is 1. The number of cyclic esters (lactones) is 1. The topological polar surface area (TPSA) is 388 Å². The zero-order valence-electron chi connectivity index (χ0n) is 49.6. The Hall–Kier alpha value is -2.30. The molecule has 4 aliphatic carbocycles. The van der Waals surface area contributed by atoms with Crippen LogP contribution < -0.4 is 0 Å². The van der Waals surface area contributed by atoms with Crippen molar-refractivity contribution in [3.05, 3.63) is 23.8 Å². The number of carbonyl (C=O) groups is 2. The van der Waals surface area contributed by atoms with Crippen molar-refractivity contribution >= 4 is 11.8 Å². The molecule has 0 aromatic carbocycles. The number of allylic oxidation sites excluding steroid dienone is 3. The molecule has 12 N–H and O–H groups in total. The Morgan fingerprint density at radius 2 is 1.27 bits per heavy atom. The molecule has 6 aliphatic heterocycles. The number of ether oxygens (including phenoxy) is 12. The van der Waals surface area contributed by atoms with E-state index in [0.717, 1.165) is 24.8 Å². The van der Waals surface area contributed by atoms with Gasteiger partial charge in [0.2, 0.25) is 0 Å². The van der Waals surface area contributed by atoms with E-state index in [2.05, 4.69) is 40.3 Å². The summed E-state index contributed by atoms with van der Waals surface area (Å²) in [6.07, 6.45) is -29.8. The van der Waals surface area contributed by atoms with Crippen LogP contribution in [0.2, 0.25) is 0 Å². The van der Waals surface area contributed by atoms with Gasteiger partial charge in [-0.3, -0.25) is 9.59 Å². The van der Waals surface area contributed by atoms with Gasteiger partial charge >= 0.3 is 5.97 Å². The summed E-state index contributed by atoms with van der Waals surface area (Å²) >= 11 is 0. The predicted octanol–water partition coefficient (Wildman–Crippen LogP) is -1.75. The Kier molecular flexibility index (Phi) is 19.1. The van der Waals surface area contributed by atoms with Gasteiger partial charge < -0.3 is 118 Å². The molecule has 0 aromatic rings. The number of esters is 1. The lowest BCUT2D eigenvalue weighted by Crippen LogP contribution is -2.66. The van der Waals surface area contributed by atoms with Crippen LogP contribution in [0.25, 0.3) is 0 Å². The Morgan fingerprint density at radius 3 is 1.94 bits per heavy atom. The van der Waals surface area contributed by atoms with Gasteiger partial charge in [0, 0.05) is 13.5 Å². The van der Waals surface area contributed by atoms with Crippen LogP contribution in [0.5, 0.6) is 0 Å². The number of methoxy groups -OCH3 is 1. The van der Waals surface area contributed by atoms with Crippen LogP contribution in [0, 0.1) is 39.4 Å². The van der Waals surface area contributed by atoms with Crippen molar-refractivity contribution in [2.45, 2.75) is 259 Å². The molecule has 10 rings (SSSR count).